The molecule has 24 heavy (non-hydrogen) atoms. The van der Waals surface area contributed by atoms with Gasteiger partial charge in [-0.05, 0) is 49.2 Å². The number of ether oxygens (including phenoxy) is 1. The lowest BCUT2D eigenvalue weighted by Gasteiger charge is -2.11. The third kappa shape index (κ3) is 4.63. The van der Waals surface area contributed by atoms with Crippen molar-refractivity contribution in [3.8, 4) is 5.75 Å². The Hall–Kier alpha value is -2.24. The summed E-state index contributed by atoms with van der Waals surface area (Å²) in [5, 5.41) is 0.390. The van der Waals surface area contributed by atoms with Crippen molar-refractivity contribution >= 4 is 35.0 Å². The van der Waals surface area contributed by atoms with Crippen molar-refractivity contribution < 1.29 is 14.3 Å². The first-order valence-corrected chi connectivity index (χ1v) is 7.87. The lowest BCUT2D eigenvalue weighted by atomic mass is 10.1. The van der Waals surface area contributed by atoms with Crippen molar-refractivity contribution in [3.05, 3.63) is 63.1 Å². The van der Waals surface area contributed by atoms with Crippen LogP contribution in [0, 0.1) is 13.8 Å². The summed E-state index contributed by atoms with van der Waals surface area (Å²) in [6, 6.07) is 10.2. The molecule has 0 atom stereocenters. The fourth-order valence-corrected chi connectivity index (χ4v) is 2.46. The van der Waals surface area contributed by atoms with Crippen LogP contribution in [0.5, 0.6) is 5.75 Å². The maximum Gasteiger partial charge on any atom is 0.276 e. The first-order chi connectivity index (χ1) is 11.4. The van der Waals surface area contributed by atoms with Gasteiger partial charge in [0.15, 0.2) is 6.61 Å². The van der Waals surface area contributed by atoms with Gasteiger partial charge in [-0.3, -0.25) is 20.4 Å². The van der Waals surface area contributed by atoms with Crippen molar-refractivity contribution in [2.75, 3.05) is 6.61 Å². The monoisotopic (exact) mass is 366 g/mol. The van der Waals surface area contributed by atoms with E-state index in [1.807, 2.05) is 26.0 Å². The molecule has 0 aliphatic heterocycles. The second kappa shape index (κ2) is 8.04. The largest absolute Gasteiger partial charge is 0.484 e. The van der Waals surface area contributed by atoms with Gasteiger partial charge < -0.3 is 4.74 Å². The minimum Gasteiger partial charge on any atom is -0.484 e. The average molecular weight is 367 g/mol. The highest BCUT2D eigenvalue weighted by Crippen LogP contribution is 2.23. The fraction of sp³-hybridized carbons (Fsp3) is 0.176. The average Bonchev–Trinajstić information content (AvgIpc) is 2.54. The first kappa shape index (κ1) is 18.1. The van der Waals surface area contributed by atoms with Gasteiger partial charge in [-0.2, -0.15) is 0 Å². The van der Waals surface area contributed by atoms with Crippen molar-refractivity contribution in [1.29, 1.82) is 0 Å². The van der Waals surface area contributed by atoms with Crippen LogP contribution in [-0.4, -0.2) is 18.4 Å². The second-order valence-corrected chi connectivity index (χ2v) is 5.95. The number of carbonyl (C=O) groups is 2. The van der Waals surface area contributed by atoms with Crippen molar-refractivity contribution in [3.63, 3.8) is 0 Å². The summed E-state index contributed by atoms with van der Waals surface area (Å²) in [7, 11) is 0. The molecule has 0 saturated heterocycles. The Morgan fingerprint density at radius 2 is 1.67 bits per heavy atom. The van der Waals surface area contributed by atoms with E-state index in [-0.39, 0.29) is 22.2 Å². The molecule has 2 rings (SSSR count). The molecule has 7 heteroatoms. The van der Waals surface area contributed by atoms with E-state index in [2.05, 4.69) is 10.9 Å². The Morgan fingerprint density at radius 1 is 1.00 bits per heavy atom. The number of hydrogen-bond acceptors (Lipinski definition) is 3. The molecule has 0 unspecified atom stereocenters. The van der Waals surface area contributed by atoms with Crippen LogP contribution < -0.4 is 15.6 Å². The number of carbonyl (C=O) groups excluding carboxylic acids is 2. The molecular formula is C17H16Cl2N2O3. The van der Waals surface area contributed by atoms with Crippen LogP contribution in [0.1, 0.15) is 21.5 Å². The van der Waals surface area contributed by atoms with Crippen molar-refractivity contribution in [1.82, 2.24) is 10.9 Å². The molecular weight excluding hydrogens is 351 g/mol. The quantitative estimate of drug-likeness (QED) is 0.814. The molecule has 2 aromatic carbocycles. The molecule has 126 valence electrons. The Kier molecular flexibility index (Phi) is 6.06. The zero-order chi connectivity index (χ0) is 17.7. The molecule has 0 bridgehead atoms. The van der Waals surface area contributed by atoms with Gasteiger partial charge in [0.1, 0.15) is 5.75 Å². The van der Waals surface area contributed by atoms with Gasteiger partial charge in [0.05, 0.1) is 15.6 Å². The summed E-state index contributed by atoms with van der Waals surface area (Å²) in [6.45, 7) is 3.70. The van der Waals surface area contributed by atoms with E-state index in [1.165, 1.54) is 12.1 Å². The predicted molar refractivity (Wildman–Crippen MR) is 93.5 cm³/mol. The number of aryl methyl sites for hydroxylation is 2. The standard InChI is InChI=1S/C17H16Cl2N2O3/c1-10-6-7-12(8-11(10)2)24-9-15(22)20-21-17(23)16-13(18)4-3-5-14(16)19/h3-8H,9H2,1-2H3,(H,20,22)(H,21,23). The van der Waals surface area contributed by atoms with E-state index in [4.69, 9.17) is 27.9 Å². The molecule has 0 spiro atoms. The molecule has 0 aromatic heterocycles. The van der Waals surface area contributed by atoms with Crippen LogP contribution in [-0.2, 0) is 4.79 Å². The third-order valence-corrected chi connectivity index (χ3v) is 3.98. The smallest absolute Gasteiger partial charge is 0.276 e. The summed E-state index contributed by atoms with van der Waals surface area (Å²) < 4.78 is 5.37. The summed E-state index contributed by atoms with van der Waals surface area (Å²) >= 11 is 11.9. The van der Waals surface area contributed by atoms with Crippen molar-refractivity contribution in [2.45, 2.75) is 13.8 Å². The number of hydrogen-bond donors (Lipinski definition) is 2. The number of benzene rings is 2. The van der Waals surface area contributed by atoms with E-state index in [0.29, 0.717) is 5.75 Å². The molecule has 5 nitrogen and oxygen atoms in total. The molecule has 0 aliphatic rings. The summed E-state index contributed by atoms with van der Waals surface area (Å²) in [6.07, 6.45) is 0. The Bertz CT molecular complexity index is 758. The van der Waals surface area contributed by atoms with Crippen LogP contribution in [0.4, 0.5) is 0 Å². The molecule has 0 aliphatic carbocycles. The van der Waals surface area contributed by atoms with E-state index in [1.54, 1.807) is 12.1 Å². The van der Waals surface area contributed by atoms with Gasteiger partial charge in [0.25, 0.3) is 11.8 Å². The topological polar surface area (TPSA) is 67.4 Å². The van der Waals surface area contributed by atoms with Crippen LogP contribution in [0.3, 0.4) is 0 Å². The zero-order valence-corrected chi connectivity index (χ0v) is 14.7. The maximum atomic E-state index is 12.0. The van der Waals surface area contributed by atoms with Crippen LogP contribution in [0.25, 0.3) is 0 Å². The Labute approximate surface area is 149 Å². The number of rotatable bonds is 4. The highest BCUT2D eigenvalue weighted by atomic mass is 35.5. The molecule has 0 heterocycles. The molecule has 2 aromatic rings. The molecule has 2 N–H and O–H groups in total. The van der Waals surface area contributed by atoms with Gasteiger partial charge >= 0.3 is 0 Å². The minimum atomic E-state index is -0.606. The Balaban J connectivity index is 1.87. The number of hydrazine groups is 1. The zero-order valence-electron chi connectivity index (χ0n) is 13.2. The highest BCUT2D eigenvalue weighted by Gasteiger charge is 2.15. The van der Waals surface area contributed by atoms with Gasteiger partial charge in [0.2, 0.25) is 0 Å². The fourth-order valence-electron chi connectivity index (χ4n) is 1.89. The number of amides is 2. The van der Waals surface area contributed by atoms with E-state index < -0.39 is 11.8 Å². The van der Waals surface area contributed by atoms with Crippen LogP contribution >= 0.6 is 23.2 Å². The van der Waals surface area contributed by atoms with Gasteiger partial charge in [0, 0.05) is 0 Å². The highest BCUT2D eigenvalue weighted by molar-refractivity contribution is 6.39. The molecule has 0 radical (unpaired) electrons. The second-order valence-electron chi connectivity index (χ2n) is 5.13. The summed E-state index contributed by atoms with van der Waals surface area (Å²) in [5.74, 6) is -0.538. The first-order valence-electron chi connectivity index (χ1n) is 7.11. The summed E-state index contributed by atoms with van der Waals surface area (Å²) in [4.78, 5) is 23.8. The number of halogens is 2. The van der Waals surface area contributed by atoms with E-state index in [0.717, 1.165) is 11.1 Å². The van der Waals surface area contributed by atoms with E-state index >= 15 is 0 Å². The van der Waals surface area contributed by atoms with Gasteiger partial charge in [-0.25, -0.2) is 0 Å². The van der Waals surface area contributed by atoms with Crippen molar-refractivity contribution in [2.24, 2.45) is 0 Å². The SMILES string of the molecule is Cc1ccc(OCC(=O)NNC(=O)c2c(Cl)cccc2Cl)cc1C. The number of nitrogens with one attached hydrogen (secondary N) is 2. The molecule has 2 amide bonds. The Morgan fingerprint density at radius 3 is 2.29 bits per heavy atom. The summed E-state index contributed by atoms with van der Waals surface area (Å²) in [5.41, 5.74) is 6.79. The van der Waals surface area contributed by atoms with Gasteiger partial charge in [-0.1, -0.05) is 35.3 Å². The molecule has 0 saturated carbocycles. The van der Waals surface area contributed by atoms with Crippen LogP contribution in [0.15, 0.2) is 36.4 Å². The lowest BCUT2D eigenvalue weighted by Crippen LogP contribution is -2.44. The third-order valence-electron chi connectivity index (χ3n) is 3.35. The normalized spacial score (nSPS) is 10.2. The maximum absolute atomic E-state index is 12.0. The minimum absolute atomic E-state index is 0.0937. The van der Waals surface area contributed by atoms with Gasteiger partial charge in [-0.15, -0.1) is 0 Å². The predicted octanol–water partition coefficient (Wildman–Crippen LogP) is 3.45. The van der Waals surface area contributed by atoms with E-state index in [9.17, 15) is 9.59 Å². The lowest BCUT2D eigenvalue weighted by molar-refractivity contribution is -0.123. The van der Waals surface area contributed by atoms with Crippen LogP contribution in [0.2, 0.25) is 10.0 Å². The molecule has 0 fully saturated rings.